The Balaban J connectivity index is 3.37. The smallest absolute Gasteiger partial charge is 0.166 e. The van der Waals surface area contributed by atoms with Crippen LogP contribution in [0.25, 0.3) is 6.08 Å². The Morgan fingerprint density at radius 2 is 1.93 bits per heavy atom. The van der Waals surface area contributed by atoms with Gasteiger partial charge in [-0.05, 0) is 30.2 Å². The molecule has 0 fully saturated rings. The summed E-state index contributed by atoms with van der Waals surface area (Å²) in [4.78, 5) is 0. The SMILES string of the molecule is C=Cc1cc(C(F)(F)F)cc(Cl)c1C. The highest BCUT2D eigenvalue weighted by atomic mass is 35.5. The molecule has 0 unspecified atom stereocenters. The fourth-order valence-corrected chi connectivity index (χ4v) is 1.30. The monoisotopic (exact) mass is 220 g/mol. The molecule has 0 radical (unpaired) electrons. The third-order valence-corrected chi connectivity index (χ3v) is 2.32. The minimum Gasteiger partial charge on any atom is -0.166 e. The van der Waals surface area contributed by atoms with E-state index < -0.39 is 11.7 Å². The fraction of sp³-hybridized carbons (Fsp3) is 0.200. The van der Waals surface area contributed by atoms with Crippen molar-refractivity contribution < 1.29 is 13.2 Å². The molecule has 1 rings (SSSR count). The summed E-state index contributed by atoms with van der Waals surface area (Å²) in [5.74, 6) is 0. The highest BCUT2D eigenvalue weighted by molar-refractivity contribution is 6.31. The molecule has 4 heteroatoms. The van der Waals surface area contributed by atoms with Gasteiger partial charge in [-0.1, -0.05) is 24.3 Å². The van der Waals surface area contributed by atoms with Crippen LogP contribution in [0.15, 0.2) is 18.7 Å². The Hall–Kier alpha value is -0.960. The predicted molar refractivity (Wildman–Crippen MR) is 51.3 cm³/mol. The molecule has 0 N–H and O–H groups in total. The first kappa shape index (κ1) is 11.1. The summed E-state index contributed by atoms with van der Waals surface area (Å²) in [5, 5.41) is 0.106. The van der Waals surface area contributed by atoms with Crippen molar-refractivity contribution in [1.29, 1.82) is 0 Å². The normalized spacial score (nSPS) is 11.5. The van der Waals surface area contributed by atoms with Crippen molar-refractivity contribution in [2.45, 2.75) is 13.1 Å². The lowest BCUT2D eigenvalue weighted by molar-refractivity contribution is -0.137. The molecule has 0 saturated carbocycles. The molecule has 0 aliphatic rings. The Labute approximate surface area is 85.0 Å². The summed E-state index contributed by atoms with van der Waals surface area (Å²) in [6.07, 6.45) is -3.01. The average molecular weight is 221 g/mol. The molecule has 0 spiro atoms. The molecule has 0 atom stereocenters. The molecule has 0 aromatic heterocycles. The van der Waals surface area contributed by atoms with Gasteiger partial charge >= 0.3 is 6.18 Å². The van der Waals surface area contributed by atoms with Crippen LogP contribution in [0.3, 0.4) is 0 Å². The topological polar surface area (TPSA) is 0 Å². The van der Waals surface area contributed by atoms with Crippen molar-refractivity contribution in [3.05, 3.63) is 40.4 Å². The van der Waals surface area contributed by atoms with E-state index in [0.717, 1.165) is 12.1 Å². The first-order valence-corrected chi connectivity index (χ1v) is 4.24. The molecule has 14 heavy (non-hydrogen) atoms. The van der Waals surface area contributed by atoms with E-state index in [-0.39, 0.29) is 5.02 Å². The van der Waals surface area contributed by atoms with Crippen LogP contribution in [0.4, 0.5) is 13.2 Å². The van der Waals surface area contributed by atoms with Gasteiger partial charge in [-0.2, -0.15) is 13.2 Å². The Morgan fingerprint density at radius 1 is 1.36 bits per heavy atom. The highest BCUT2D eigenvalue weighted by Gasteiger charge is 2.31. The average Bonchev–Trinajstić information content (AvgIpc) is 2.07. The van der Waals surface area contributed by atoms with Gasteiger partial charge in [0.05, 0.1) is 5.56 Å². The van der Waals surface area contributed by atoms with Crippen molar-refractivity contribution in [2.75, 3.05) is 0 Å². The maximum absolute atomic E-state index is 12.3. The van der Waals surface area contributed by atoms with Gasteiger partial charge in [0.25, 0.3) is 0 Å². The Morgan fingerprint density at radius 3 is 2.36 bits per heavy atom. The van der Waals surface area contributed by atoms with E-state index in [1.807, 2.05) is 0 Å². The van der Waals surface area contributed by atoms with Crippen LogP contribution in [-0.4, -0.2) is 0 Å². The van der Waals surface area contributed by atoms with Crippen molar-refractivity contribution in [3.8, 4) is 0 Å². The van der Waals surface area contributed by atoms with Gasteiger partial charge < -0.3 is 0 Å². The third kappa shape index (κ3) is 2.10. The second-order valence-corrected chi connectivity index (χ2v) is 3.28. The molecule has 1 aromatic rings. The standard InChI is InChI=1S/C10H8ClF3/c1-3-7-4-8(10(12,13)14)5-9(11)6(7)2/h3-5H,1H2,2H3. The second-order valence-electron chi connectivity index (χ2n) is 2.87. The van der Waals surface area contributed by atoms with E-state index in [1.165, 1.54) is 6.08 Å². The van der Waals surface area contributed by atoms with Crippen molar-refractivity contribution in [3.63, 3.8) is 0 Å². The maximum atomic E-state index is 12.3. The number of rotatable bonds is 1. The summed E-state index contributed by atoms with van der Waals surface area (Å²) in [6, 6.07) is 1.96. The van der Waals surface area contributed by atoms with Crippen LogP contribution in [-0.2, 0) is 6.18 Å². The Bertz CT molecular complexity index is 366. The molecule has 0 amide bonds. The van der Waals surface area contributed by atoms with Gasteiger partial charge in [0, 0.05) is 5.02 Å². The number of hydrogen-bond acceptors (Lipinski definition) is 0. The summed E-state index contributed by atoms with van der Waals surface area (Å²) < 4.78 is 37.0. The number of alkyl halides is 3. The van der Waals surface area contributed by atoms with Crippen molar-refractivity contribution in [1.82, 2.24) is 0 Å². The fourth-order valence-electron chi connectivity index (χ4n) is 1.08. The van der Waals surface area contributed by atoms with Gasteiger partial charge in [0.1, 0.15) is 0 Å². The van der Waals surface area contributed by atoms with Crippen LogP contribution >= 0.6 is 11.6 Å². The molecule has 0 aliphatic heterocycles. The van der Waals surface area contributed by atoms with E-state index in [0.29, 0.717) is 11.1 Å². The molecule has 1 aromatic carbocycles. The molecule has 0 heterocycles. The van der Waals surface area contributed by atoms with E-state index >= 15 is 0 Å². The van der Waals surface area contributed by atoms with Crippen molar-refractivity contribution in [2.24, 2.45) is 0 Å². The molecule has 0 bridgehead atoms. The van der Waals surface area contributed by atoms with Gasteiger partial charge in [0.2, 0.25) is 0 Å². The van der Waals surface area contributed by atoms with Gasteiger partial charge in [-0.3, -0.25) is 0 Å². The first-order chi connectivity index (χ1) is 6.36. The lowest BCUT2D eigenvalue weighted by atomic mass is 10.0. The van der Waals surface area contributed by atoms with Gasteiger partial charge in [-0.15, -0.1) is 0 Å². The zero-order chi connectivity index (χ0) is 10.9. The largest absolute Gasteiger partial charge is 0.416 e. The number of benzene rings is 1. The third-order valence-electron chi connectivity index (χ3n) is 1.93. The van der Waals surface area contributed by atoms with Crippen LogP contribution in [0.2, 0.25) is 5.02 Å². The van der Waals surface area contributed by atoms with E-state index in [2.05, 4.69) is 6.58 Å². The maximum Gasteiger partial charge on any atom is 0.416 e. The summed E-state index contributed by atoms with van der Waals surface area (Å²) >= 11 is 5.66. The van der Waals surface area contributed by atoms with Crippen LogP contribution in [0.5, 0.6) is 0 Å². The lowest BCUT2D eigenvalue weighted by Gasteiger charge is -2.10. The van der Waals surface area contributed by atoms with Gasteiger partial charge in [0.15, 0.2) is 0 Å². The van der Waals surface area contributed by atoms with Crippen LogP contribution < -0.4 is 0 Å². The molecule has 0 nitrogen and oxygen atoms in total. The minimum atomic E-state index is -4.37. The number of hydrogen-bond donors (Lipinski definition) is 0. The summed E-state index contributed by atoms with van der Waals surface area (Å²) in [6.45, 7) is 5.08. The van der Waals surface area contributed by atoms with Crippen LogP contribution in [0.1, 0.15) is 16.7 Å². The lowest BCUT2D eigenvalue weighted by Crippen LogP contribution is -2.05. The minimum absolute atomic E-state index is 0.106. The first-order valence-electron chi connectivity index (χ1n) is 3.86. The highest BCUT2D eigenvalue weighted by Crippen LogP contribution is 2.33. The quantitative estimate of drug-likeness (QED) is 0.662. The van der Waals surface area contributed by atoms with Crippen molar-refractivity contribution >= 4 is 17.7 Å². The molecule has 76 valence electrons. The summed E-state index contributed by atoms with van der Waals surface area (Å²) in [7, 11) is 0. The number of halogens is 4. The molecule has 0 saturated heterocycles. The zero-order valence-electron chi connectivity index (χ0n) is 7.45. The van der Waals surface area contributed by atoms with E-state index in [4.69, 9.17) is 11.6 Å². The molecular formula is C10H8ClF3. The van der Waals surface area contributed by atoms with E-state index in [1.54, 1.807) is 6.92 Å². The van der Waals surface area contributed by atoms with Crippen LogP contribution in [0, 0.1) is 6.92 Å². The molecule has 0 aliphatic carbocycles. The summed E-state index contributed by atoms with van der Waals surface area (Å²) in [5.41, 5.74) is 0.266. The predicted octanol–water partition coefficient (Wildman–Crippen LogP) is 4.31. The van der Waals surface area contributed by atoms with Gasteiger partial charge in [-0.25, -0.2) is 0 Å². The molecular weight excluding hydrogens is 213 g/mol. The Kier molecular flexibility index (Phi) is 2.90. The van der Waals surface area contributed by atoms with E-state index in [9.17, 15) is 13.2 Å². The second kappa shape index (κ2) is 3.65. The zero-order valence-corrected chi connectivity index (χ0v) is 8.21.